The first-order valence-corrected chi connectivity index (χ1v) is 9.99. The molecule has 30 heavy (non-hydrogen) atoms. The van der Waals surface area contributed by atoms with Crippen molar-refractivity contribution in [3.8, 4) is 5.75 Å². The van der Waals surface area contributed by atoms with Gasteiger partial charge in [0.05, 0.1) is 30.7 Å². The van der Waals surface area contributed by atoms with Gasteiger partial charge in [-0.05, 0) is 43.7 Å². The fraction of sp³-hybridized carbons (Fsp3) is 0.360. The molecule has 2 aromatic carbocycles. The maximum Gasteiger partial charge on any atom is 0.311 e. The summed E-state index contributed by atoms with van der Waals surface area (Å²) in [4.78, 5) is 28.2. The van der Waals surface area contributed by atoms with Crippen LogP contribution in [0.15, 0.2) is 60.7 Å². The number of esters is 1. The monoisotopic (exact) mass is 407 g/mol. The minimum Gasteiger partial charge on any atom is -0.497 e. The average molecular weight is 408 g/mol. The minimum absolute atomic E-state index is 0.0732. The molecule has 1 aliphatic heterocycles. The molecule has 1 aliphatic rings. The summed E-state index contributed by atoms with van der Waals surface area (Å²) in [5.74, 6) is -0.0435. The Labute approximate surface area is 178 Å². The molecule has 1 atom stereocenters. The van der Waals surface area contributed by atoms with Crippen LogP contribution in [0.25, 0.3) is 5.70 Å². The van der Waals surface area contributed by atoms with Gasteiger partial charge < -0.3 is 9.47 Å². The van der Waals surface area contributed by atoms with Crippen molar-refractivity contribution in [1.29, 1.82) is 0 Å². The molecule has 1 heterocycles. The Bertz CT molecular complexity index is 958. The zero-order valence-electron chi connectivity index (χ0n) is 18.4. The number of benzene rings is 2. The molecular formula is C25H29NO4. The van der Waals surface area contributed by atoms with E-state index in [0.29, 0.717) is 0 Å². The largest absolute Gasteiger partial charge is 0.497 e. The van der Waals surface area contributed by atoms with Gasteiger partial charge in [-0.3, -0.25) is 14.5 Å². The number of hydrogen-bond donors (Lipinski definition) is 0. The van der Waals surface area contributed by atoms with E-state index >= 15 is 0 Å². The van der Waals surface area contributed by atoms with Gasteiger partial charge in [-0.25, -0.2) is 0 Å². The molecule has 0 spiro atoms. The van der Waals surface area contributed by atoms with Crippen molar-refractivity contribution in [2.45, 2.75) is 27.7 Å². The van der Waals surface area contributed by atoms with Crippen molar-refractivity contribution < 1.29 is 19.1 Å². The molecule has 0 fully saturated rings. The highest BCUT2D eigenvalue weighted by Crippen LogP contribution is 2.49. The number of amides is 1. The molecule has 0 bridgehead atoms. The Balaban J connectivity index is 2.23. The lowest BCUT2D eigenvalue weighted by atomic mass is 9.62. The summed E-state index contributed by atoms with van der Waals surface area (Å²) < 4.78 is 10.3. The van der Waals surface area contributed by atoms with Crippen molar-refractivity contribution in [3.05, 3.63) is 66.2 Å². The summed E-state index contributed by atoms with van der Waals surface area (Å²) in [6, 6.07) is 17.2. The molecule has 0 saturated heterocycles. The zero-order chi connectivity index (χ0) is 22.1. The Morgan fingerprint density at radius 3 is 2.13 bits per heavy atom. The number of ether oxygens (including phenoxy) is 2. The Morgan fingerprint density at radius 1 is 1.00 bits per heavy atom. The summed E-state index contributed by atoms with van der Waals surface area (Å²) in [7, 11) is 2.99. The number of anilines is 1. The molecule has 158 valence electrons. The molecule has 1 amide bonds. The Kier molecular flexibility index (Phi) is 5.75. The van der Waals surface area contributed by atoms with E-state index in [1.54, 1.807) is 12.0 Å². The van der Waals surface area contributed by atoms with Crippen LogP contribution in [-0.2, 0) is 14.3 Å². The molecule has 0 radical (unpaired) electrons. The quantitative estimate of drug-likeness (QED) is 0.660. The summed E-state index contributed by atoms with van der Waals surface area (Å²) >= 11 is 0. The predicted molar refractivity (Wildman–Crippen MR) is 118 cm³/mol. The average Bonchev–Trinajstić information content (AvgIpc) is 2.75. The van der Waals surface area contributed by atoms with Gasteiger partial charge >= 0.3 is 5.97 Å². The summed E-state index contributed by atoms with van der Waals surface area (Å²) in [6.07, 6.45) is 2.04. The van der Waals surface area contributed by atoms with Gasteiger partial charge in [0.25, 0.3) is 0 Å². The third-order valence-electron chi connectivity index (χ3n) is 5.99. The minimum atomic E-state index is -0.875. The zero-order valence-corrected chi connectivity index (χ0v) is 18.4. The molecule has 1 unspecified atom stereocenters. The Morgan fingerprint density at radius 2 is 1.60 bits per heavy atom. The van der Waals surface area contributed by atoms with Crippen LogP contribution in [0.3, 0.4) is 0 Å². The van der Waals surface area contributed by atoms with Crippen molar-refractivity contribution in [1.82, 2.24) is 0 Å². The molecule has 2 aromatic rings. The van der Waals surface area contributed by atoms with E-state index in [-0.39, 0.29) is 17.8 Å². The smallest absolute Gasteiger partial charge is 0.311 e. The van der Waals surface area contributed by atoms with Gasteiger partial charge in [0, 0.05) is 11.6 Å². The number of rotatable bonds is 5. The Hall–Kier alpha value is -3.08. The van der Waals surface area contributed by atoms with Gasteiger partial charge in [-0.2, -0.15) is 0 Å². The van der Waals surface area contributed by atoms with Crippen LogP contribution < -0.4 is 9.64 Å². The van der Waals surface area contributed by atoms with Gasteiger partial charge in [0.15, 0.2) is 0 Å². The lowest BCUT2D eigenvalue weighted by Gasteiger charge is -2.47. The van der Waals surface area contributed by atoms with E-state index in [1.165, 1.54) is 7.11 Å². The fourth-order valence-electron chi connectivity index (χ4n) is 4.29. The van der Waals surface area contributed by atoms with Crippen LogP contribution >= 0.6 is 0 Å². The summed E-state index contributed by atoms with van der Waals surface area (Å²) in [6.45, 7) is 7.44. The number of carbonyl (C=O) groups is 2. The standard InChI is InChI=1S/C25H29NO4/c1-24(2)21(25(3,4)23(28)30-6)16-20(17-10-8-7-9-11-17)26(22(24)27)18-12-14-19(29-5)15-13-18/h7-16,21H,1-6H3. The summed E-state index contributed by atoms with van der Waals surface area (Å²) in [5, 5.41) is 0. The highest BCUT2D eigenvalue weighted by molar-refractivity contribution is 6.10. The fourth-order valence-corrected chi connectivity index (χ4v) is 4.29. The van der Waals surface area contributed by atoms with Gasteiger partial charge in [-0.1, -0.05) is 50.3 Å². The van der Waals surface area contributed by atoms with E-state index in [9.17, 15) is 9.59 Å². The third kappa shape index (κ3) is 3.60. The molecule has 0 N–H and O–H groups in total. The maximum atomic E-state index is 13.9. The van der Waals surface area contributed by atoms with Crippen LogP contribution in [0.1, 0.15) is 33.3 Å². The van der Waals surface area contributed by atoms with Crippen molar-refractivity contribution in [2.75, 3.05) is 19.1 Å². The number of nitrogens with zero attached hydrogens (tertiary/aromatic N) is 1. The lowest BCUT2D eigenvalue weighted by Crippen LogP contribution is -2.53. The van der Waals surface area contributed by atoms with Crippen molar-refractivity contribution in [3.63, 3.8) is 0 Å². The van der Waals surface area contributed by atoms with Crippen molar-refractivity contribution in [2.24, 2.45) is 16.7 Å². The van der Waals surface area contributed by atoms with E-state index in [4.69, 9.17) is 9.47 Å². The SMILES string of the molecule is COC(=O)C(C)(C)C1C=C(c2ccccc2)N(c2ccc(OC)cc2)C(=O)C1(C)C. The van der Waals surface area contributed by atoms with E-state index in [2.05, 4.69) is 0 Å². The number of hydrogen-bond acceptors (Lipinski definition) is 4. The first kappa shape index (κ1) is 21.6. The highest BCUT2D eigenvalue weighted by atomic mass is 16.5. The second kappa shape index (κ2) is 7.98. The van der Waals surface area contributed by atoms with E-state index in [0.717, 1.165) is 22.7 Å². The highest BCUT2D eigenvalue weighted by Gasteiger charge is 2.53. The normalized spacial score (nSPS) is 18.6. The van der Waals surface area contributed by atoms with Gasteiger partial charge in [0.2, 0.25) is 5.91 Å². The number of allylic oxidation sites excluding steroid dienone is 1. The number of methoxy groups -OCH3 is 2. The van der Waals surface area contributed by atoms with Gasteiger partial charge in [-0.15, -0.1) is 0 Å². The molecular weight excluding hydrogens is 378 g/mol. The summed E-state index contributed by atoms with van der Waals surface area (Å²) in [5.41, 5.74) is 0.712. The first-order valence-electron chi connectivity index (χ1n) is 9.99. The second-order valence-corrected chi connectivity index (χ2v) is 8.67. The van der Waals surface area contributed by atoms with Crippen molar-refractivity contribution >= 4 is 23.3 Å². The molecule has 0 aromatic heterocycles. The first-order chi connectivity index (χ1) is 14.1. The third-order valence-corrected chi connectivity index (χ3v) is 5.99. The van der Waals surface area contributed by atoms with Crippen LogP contribution in [0.4, 0.5) is 5.69 Å². The maximum absolute atomic E-state index is 13.9. The van der Waals surface area contributed by atoms with E-state index < -0.39 is 10.8 Å². The molecule has 5 nitrogen and oxygen atoms in total. The van der Waals surface area contributed by atoms with Crippen LogP contribution in [0.2, 0.25) is 0 Å². The number of carbonyl (C=O) groups excluding carboxylic acids is 2. The lowest BCUT2D eigenvalue weighted by molar-refractivity contribution is -0.156. The van der Waals surface area contributed by atoms with Crippen LogP contribution in [-0.4, -0.2) is 26.1 Å². The molecule has 0 saturated carbocycles. The predicted octanol–water partition coefficient (Wildman–Crippen LogP) is 4.92. The van der Waals surface area contributed by atoms with Crippen LogP contribution in [0, 0.1) is 16.7 Å². The van der Waals surface area contributed by atoms with Crippen LogP contribution in [0.5, 0.6) is 5.75 Å². The molecule has 5 heteroatoms. The molecule has 3 rings (SSSR count). The topological polar surface area (TPSA) is 55.8 Å². The second-order valence-electron chi connectivity index (χ2n) is 8.67. The molecule has 0 aliphatic carbocycles. The van der Waals surface area contributed by atoms with E-state index in [1.807, 2.05) is 88.4 Å². The van der Waals surface area contributed by atoms with Gasteiger partial charge in [0.1, 0.15) is 5.75 Å².